The van der Waals surface area contributed by atoms with Crippen molar-refractivity contribution < 1.29 is 23.2 Å². The largest absolute Gasteiger partial charge is 0.466 e. The summed E-state index contributed by atoms with van der Waals surface area (Å²) in [5, 5.41) is 10.6. The lowest BCUT2D eigenvalue weighted by atomic mass is 10.1. The maximum Gasteiger partial charge on any atom is 0.310 e. The first kappa shape index (κ1) is 13.0. The van der Waals surface area contributed by atoms with E-state index in [0.717, 1.165) is 6.07 Å². The Morgan fingerprint density at radius 1 is 1.47 bits per heavy atom. The van der Waals surface area contributed by atoms with Crippen LogP contribution in [-0.2, 0) is 16.0 Å². The molecule has 5 nitrogen and oxygen atoms in total. The number of hydrogen-bond donors (Lipinski definition) is 0. The van der Waals surface area contributed by atoms with Gasteiger partial charge in [0.25, 0.3) is 5.69 Å². The van der Waals surface area contributed by atoms with Crippen LogP contribution in [0, 0.1) is 21.7 Å². The quantitative estimate of drug-likeness (QED) is 0.462. The van der Waals surface area contributed by atoms with Gasteiger partial charge in [-0.15, -0.1) is 0 Å². The van der Waals surface area contributed by atoms with E-state index in [4.69, 9.17) is 0 Å². The van der Waals surface area contributed by atoms with Gasteiger partial charge in [-0.2, -0.15) is 0 Å². The first-order valence-electron chi connectivity index (χ1n) is 4.74. The average Bonchev–Trinajstić information content (AvgIpc) is 2.25. The summed E-state index contributed by atoms with van der Waals surface area (Å²) >= 11 is 0. The van der Waals surface area contributed by atoms with E-state index >= 15 is 0 Å². The summed E-state index contributed by atoms with van der Waals surface area (Å²) in [6.07, 6.45) is -0.673. The highest BCUT2D eigenvalue weighted by Gasteiger charge is 2.23. The zero-order valence-corrected chi connectivity index (χ0v) is 8.91. The fraction of sp³-hybridized carbons (Fsp3) is 0.300. The molecular weight excluding hydrogens is 236 g/mol. The van der Waals surface area contributed by atoms with Crippen molar-refractivity contribution in [2.75, 3.05) is 6.61 Å². The van der Waals surface area contributed by atoms with Crippen molar-refractivity contribution in [3.63, 3.8) is 0 Å². The zero-order valence-electron chi connectivity index (χ0n) is 8.91. The molecule has 92 valence electrons. The number of esters is 1. The first-order chi connectivity index (χ1) is 7.97. The van der Waals surface area contributed by atoms with Crippen LogP contribution < -0.4 is 0 Å². The molecule has 0 amide bonds. The highest BCUT2D eigenvalue weighted by atomic mass is 19.2. The molecule has 0 aliphatic heterocycles. The molecule has 0 aromatic heterocycles. The van der Waals surface area contributed by atoms with Gasteiger partial charge in [-0.25, -0.2) is 8.78 Å². The van der Waals surface area contributed by atoms with E-state index in [0.29, 0.717) is 6.07 Å². The zero-order chi connectivity index (χ0) is 13.0. The topological polar surface area (TPSA) is 69.4 Å². The van der Waals surface area contributed by atoms with E-state index < -0.39 is 40.2 Å². The number of ether oxygens (including phenoxy) is 1. The third kappa shape index (κ3) is 2.96. The van der Waals surface area contributed by atoms with Crippen molar-refractivity contribution in [1.29, 1.82) is 0 Å². The lowest BCUT2D eigenvalue weighted by Crippen LogP contribution is -2.11. The van der Waals surface area contributed by atoms with Crippen LogP contribution in [0.3, 0.4) is 0 Å². The molecule has 0 saturated heterocycles. The Kier molecular flexibility index (Phi) is 4.08. The number of rotatable bonds is 4. The Bertz CT molecular complexity index is 462. The number of carbonyl (C=O) groups excluding carboxylic acids is 1. The van der Waals surface area contributed by atoms with Gasteiger partial charge < -0.3 is 4.74 Å². The summed E-state index contributed by atoms with van der Waals surface area (Å²) < 4.78 is 30.8. The molecule has 0 aliphatic carbocycles. The van der Waals surface area contributed by atoms with Crippen molar-refractivity contribution >= 4 is 11.7 Å². The number of carbonyl (C=O) groups is 1. The molecule has 0 fully saturated rings. The molecule has 0 aliphatic rings. The monoisotopic (exact) mass is 245 g/mol. The molecule has 1 rings (SSSR count). The minimum absolute atomic E-state index is 0.0591. The molecule has 7 heteroatoms. The van der Waals surface area contributed by atoms with E-state index in [1.165, 1.54) is 6.92 Å². The summed E-state index contributed by atoms with van der Waals surface area (Å²) in [6.45, 7) is 1.60. The first-order valence-corrected chi connectivity index (χ1v) is 4.74. The third-order valence-electron chi connectivity index (χ3n) is 1.99. The minimum atomic E-state index is -1.40. The van der Waals surface area contributed by atoms with Crippen molar-refractivity contribution in [3.05, 3.63) is 39.4 Å². The maximum absolute atomic E-state index is 13.3. The molecule has 0 unspecified atom stereocenters. The van der Waals surface area contributed by atoms with Crippen LogP contribution in [0.25, 0.3) is 0 Å². The fourth-order valence-corrected chi connectivity index (χ4v) is 1.28. The van der Waals surface area contributed by atoms with Crippen molar-refractivity contribution in [2.45, 2.75) is 13.3 Å². The van der Waals surface area contributed by atoms with Gasteiger partial charge in [-0.05, 0) is 13.0 Å². The van der Waals surface area contributed by atoms with Crippen LogP contribution in [0.15, 0.2) is 12.1 Å². The summed E-state index contributed by atoms with van der Waals surface area (Å²) in [5.41, 5.74) is -1.24. The number of halogens is 2. The predicted molar refractivity (Wildman–Crippen MR) is 53.3 cm³/mol. The molecule has 0 N–H and O–H groups in total. The highest BCUT2D eigenvalue weighted by Crippen LogP contribution is 2.24. The average molecular weight is 245 g/mol. The van der Waals surface area contributed by atoms with Crippen LogP contribution in [0.1, 0.15) is 12.5 Å². The Morgan fingerprint density at radius 2 is 2.12 bits per heavy atom. The highest BCUT2D eigenvalue weighted by molar-refractivity contribution is 5.74. The lowest BCUT2D eigenvalue weighted by Gasteiger charge is -2.05. The smallest absolute Gasteiger partial charge is 0.310 e. The van der Waals surface area contributed by atoms with Gasteiger partial charge in [0.15, 0.2) is 11.6 Å². The van der Waals surface area contributed by atoms with Gasteiger partial charge in [0.05, 0.1) is 23.5 Å². The van der Waals surface area contributed by atoms with Crippen molar-refractivity contribution in [3.8, 4) is 0 Å². The number of benzene rings is 1. The summed E-state index contributed by atoms with van der Waals surface area (Å²) in [7, 11) is 0. The Hall–Kier alpha value is -2.05. The molecular formula is C10H9F2NO4. The predicted octanol–water partition coefficient (Wildman–Crippen LogP) is 1.98. The van der Waals surface area contributed by atoms with Gasteiger partial charge in [-0.3, -0.25) is 14.9 Å². The van der Waals surface area contributed by atoms with E-state index in [9.17, 15) is 23.7 Å². The molecule has 1 aromatic carbocycles. The van der Waals surface area contributed by atoms with E-state index in [-0.39, 0.29) is 6.61 Å². The van der Waals surface area contributed by atoms with Gasteiger partial charge >= 0.3 is 5.97 Å². The summed E-state index contributed by atoms with van der Waals surface area (Å²) in [6, 6.07) is 1.45. The molecule has 0 saturated carbocycles. The maximum atomic E-state index is 13.3. The molecule has 0 heterocycles. The lowest BCUT2D eigenvalue weighted by molar-refractivity contribution is -0.385. The summed E-state index contributed by atoms with van der Waals surface area (Å²) in [4.78, 5) is 20.8. The molecule has 0 spiro atoms. The van der Waals surface area contributed by atoms with Crippen LogP contribution in [0.4, 0.5) is 14.5 Å². The van der Waals surface area contributed by atoms with Gasteiger partial charge in [0.1, 0.15) is 0 Å². The van der Waals surface area contributed by atoms with Crippen molar-refractivity contribution in [2.24, 2.45) is 0 Å². The van der Waals surface area contributed by atoms with E-state index in [1.54, 1.807) is 0 Å². The second-order valence-electron chi connectivity index (χ2n) is 3.10. The van der Waals surface area contributed by atoms with E-state index in [1.807, 2.05) is 0 Å². The fourth-order valence-electron chi connectivity index (χ4n) is 1.28. The van der Waals surface area contributed by atoms with E-state index in [2.05, 4.69) is 4.74 Å². The number of hydrogen-bond acceptors (Lipinski definition) is 4. The molecule has 17 heavy (non-hydrogen) atoms. The second-order valence-corrected chi connectivity index (χ2v) is 3.10. The third-order valence-corrected chi connectivity index (χ3v) is 1.99. The Labute approximate surface area is 95.2 Å². The second kappa shape index (κ2) is 5.33. The minimum Gasteiger partial charge on any atom is -0.466 e. The molecule has 1 aromatic rings. The van der Waals surface area contributed by atoms with Gasteiger partial charge in [0, 0.05) is 6.07 Å². The number of nitro benzene ring substituents is 1. The van der Waals surface area contributed by atoms with Crippen LogP contribution in [0.5, 0.6) is 0 Å². The Morgan fingerprint density at radius 3 is 2.65 bits per heavy atom. The number of nitro groups is 1. The van der Waals surface area contributed by atoms with Crippen LogP contribution in [0.2, 0.25) is 0 Å². The number of nitrogens with zero attached hydrogens (tertiary/aromatic N) is 1. The molecule has 0 atom stereocenters. The normalized spacial score (nSPS) is 10.1. The SMILES string of the molecule is CCOC(=O)Cc1c([N+](=O)[O-])ccc(F)c1F. The van der Waals surface area contributed by atoms with Gasteiger partial charge in [-0.1, -0.05) is 0 Å². The summed E-state index contributed by atoms with van der Waals surface area (Å²) in [5.74, 6) is -3.48. The van der Waals surface area contributed by atoms with Crippen LogP contribution in [-0.4, -0.2) is 17.5 Å². The molecule has 0 radical (unpaired) electrons. The Balaban J connectivity index is 3.14. The standard InChI is InChI=1S/C10H9F2NO4/c1-2-17-9(14)5-6-8(13(15)16)4-3-7(11)10(6)12/h3-4H,2,5H2,1H3. The van der Waals surface area contributed by atoms with Gasteiger partial charge in [0.2, 0.25) is 0 Å². The molecule has 0 bridgehead atoms. The van der Waals surface area contributed by atoms with Crippen molar-refractivity contribution in [1.82, 2.24) is 0 Å². The van der Waals surface area contributed by atoms with Crippen LogP contribution >= 0.6 is 0 Å².